The molecular weight excluding hydrogens is 152 g/mol. The van der Waals surface area contributed by atoms with Gasteiger partial charge < -0.3 is 16.6 Å². The van der Waals surface area contributed by atoms with Crippen LogP contribution >= 0.6 is 0 Å². The molecule has 0 saturated carbocycles. The summed E-state index contributed by atoms with van der Waals surface area (Å²) in [5, 5.41) is 9.44. The van der Waals surface area contributed by atoms with Gasteiger partial charge in [-0.25, -0.2) is 0 Å². The van der Waals surface area contributed by atoms with Crippen LogP contribution in [0.15, 0.2) is 0 Å². The highest BCUT2D eigenvalue weighted by molar-refractivity contribution is 5.75. The van der Waals surface area contributed by atoms with Gasteiger partial charge in [0.1, 0.15) is 0 Å². The van der Waals surface area contributed by atoms with Crippen LogP contribution in [0.3, 0.4) is 0 Å². The van der Waals surface area contributed by atoms with Gasteiger partial charge in [-0.3, -0.25) is 0 Å². The Balaban J connectivity index is 3.60. The summed E-state index contributed by atoms with van der Waals surface area (Å²) in [4.78, 5) is 0. The maximum atomic E-state index is 9.44. The van der Waals surface area contributed by atoms with Crippen molar-refractivity contribution in [3.05, 3.63) is 16.7 Å². The molecule has 0 atom stereocenters. The van der Waals surface area contributed by atoms with E-state index in [-0.39, 0.29) is 5.75 Å². The van der Waals surface area contributed by atoms with Gasteiger partial charge >= 0.3 is 0 Å². The highest BCUT2D eigenvalue weighted by Crippen LogP contribution is 2.35. The third kappa shape index (κ3) is 0.978. The predicted octanol–water partition coefficient (Wildman–Crippen LogP) is 1.48. The molecule has 0 unspecified atom stereocenters. The number of hydrogen-bond donors (Lipinski definition) is 3. The standard InChI is InChI=1S/C9H14N2O/c1-4-5(2)7(10)9(12)8(11)6(4)3/h12H,10-11H2,1-3H3. The zero-order valence-corrected chi connectivity index (χ0v) is 7.60. The summed E-state index contributed by atoms with van der Waals surface area (Å²) in [6.07, 6.45) is 0. The molecule has 0 aliphatic rings. The van der Waals surface area contributed by atoms with E-state index in [9.17, 15) is 5.11 Å². The van der Waals surface area contributed by atoms with Crippen LogP contribution in [0, 0.1) is 20.8 Å². The topological polar surface area (TPSA) is 72.3 Å². The summed E-state index contributed by atoms with van der Waals surface area (Å²) >= 11 is 0. The summed E-state index contributed by atoms with van der Waals surface area (Å²) in [5.74, 6) is 0.00981. The van der Waals surface area contributed by atoms with Crippen LogP contribution < -0.4 is 11.5 Å². The van der Waals surface area contributed by atoms with Crippen LogP contribution in [0.1, 0.15) is 16.7 Å². The predicted molar refractivity (Wildman–Crippen MR) is 51.1 cm³/mol. The monoisotopic (exact) mass is 166 g/mol. The molecule has 0 aliphatic carbocycles. The van der Waals surface area contributed by atoms with E-state index in [0.717, 1.165) is 16.7 Å². The van der Waals surface area contributed by atoms with Gasteiger partial charge in [-0.05, 0) is 37.5 Å². The van der Waals surface area contributed by atoms with Crippen molar-refractivity contribution in [3.63, 3.8) is 0 Å². The first-order valence-corrected chi connectivity index (χ1v) is 3.80. The smallest absolute Gasteiger partial charge is 0.162 e. The van der Waals surface area contributed by atoms with Crippen LogP contribution in [0.4, 0.5) is 11.4 Å². The maximum Gasteiger partial charge on any atom is 0.162 e. The number of phenols is 1. The molecule has 1 aromatic carbocycles. The molecule has 12 heavy (non-hydrogen) atoms. The lowest BCUT2D eigenvalue weighted by molar-refractivity contribution is 0.479. The highest BCUT2D eigenvalue weighted by atomic mass is 16.3. The molecule has 0 amide bonds. The van der Waals surface area contributed by atoms with E-state index in [2.05, 4.69) is 0 Å². The van der Waals surface area contributed by atoms with E-state index in [0.29, 0.717) is 11.4 Å². The molecule has 0 bridgehead atoms. The summed E-state index contributed by atoms with van der Waals surface area (Å²) in [6.45, 7) is 5.68. The number of nitrogen functional groups attached to an aromatic ring is 2. The van der Waals surface area contributed by atoms with Crippen molar-refractivity contribution in [3.8, 4) is 5.75 Å². The minimum atomic E-state index is 0.00981. The quantitative estimate of drug-likeness (QED) is 0.404. The zero-order chi connectivity index (χ0) is 9.46. The first kappa shape index (κ1) is 8.71. The van der Waals surface area contributed by atoms with Crippen LogP contribution in [0.5, 0.6) is 5.75 Å². The summed E-state index contributed by atoms with van der Waals surface area (Å²) in [7, 11) is 0. The van der Waals surface area contributed by atoms with Crippen molar-refractivity contribution in [2.24, 2.45) is 0 Å². The lowest BCUT2D eigenvalue weighted by atomic mass is 10.00. The third-order valence-electron chi connectivity index (χ3n) is 2.44. The van der Waals surface area contributed by atoms with Crippen LogP contribution in [-0.2, 0) is 0 Å². The van der Waals surface area contributed by atoms with Gasteiger partial charge in [0.05, 0.1) is 11.4 Å². The van der Waals surface area contributed by atoms with Crippen molar-refractivity contribution in [1.82, 2.24) is 0 Å². The van der Waals surface area contributed by atoms with Crippen molar-refractivity contribution in [2.75, 3.05) is 11.5 Å². The molecule has 3 heteroatoms. The first-order valence-electron chi connectivity index (χ1n) is 3.80. The van der Waals surface area contributed by atoms with Crippen LogP contribution in [-0.4, -0.2) is 5.11 Å². The second-order valence-electron chi connectivity index (χ2n) is 3.05. The second-order valence-corrected chi connectivity index (χ2v) is 3.05. The fourth-order valence-corrected chi connectivity index (χ4v) is 1.19. The molecule has 0 saturated heterocycles. The Kier molecular flexibility index (Phi) is 1.88. The molecule has 0 radical (unpaired) electrons. The van der Waals surface area contributed by atoms with Gasteiger partial charge in [-0.15, -0.1) is 0 Å². The number of hydrogen-bond acceptors (Lipinski definition) is 3. The Bertz CT molecular complexity index is 227. The Morgan fingerprint density at radius 3 is 1.50 bits per heavy atom. The fourth-order valence-electron chi connectivity index (χ4n) is 1.19. The molecule has 1 rings (SSSR count). The summed E-state index contributed by atoms with van der Waals surface area (Å²) < 4.78 is 0. The molecule has 0 aromatic heterocycles. The number of nitrogens with two attached hydrogens (primary N) is 2. The van der Waals surface area contributed by atoms with E-state index in [1.165, 1.54) is 0 Å². The lowest BCUT2D eigenvalue weighted by Crippen LogP contribution is -2.01. The van der Waals surface area contributed by atoms with Crippen LogP contribution in [0.25, 0.3) is 0 Å². The van der Waals surface area contributed by atoms with E-state index in [1.54, 1.807) is 0 Å². The van der Waals surface area contributed by atoms with Gasteiger partial charge in [0.15, 0.2) is 5.75 Å². The number of rotatable bonds is 0. The van der Waals surface area contributed by atoms with Gasteiger partial charge in [-0.2, -0.15) is 0 Å². The van der Waals surface area contributed by atoms with Gasteiger partial charge in [-0.1, -0.05) is 0 Å². The minimum Gasteiger partial charge on any atom is -0.504 e. The molecular formula is C9H14N2O. The number of benzene rings is 1. The van der Waals surface area contributed by atoms with Gasteiger partial charge in [0.25, 0.3) is 0 Å². The van der Waals surface area contributed by atoms with Gasteiger partial charge in [0, 0.05) is 0 Å². The molecule has 0 aliphatic heterocycles. The van der Waals surface area contributed by atoms with E-state index < -0.39 is 0 Å². The number of anilines is 2. The van der Waals surface area contributed by atoms with E-state index in [4.69, 9.17) is 11.5 Å². The van der Waals surface area contributed by atoms with Crippen LogP contribution in [0.2, 0.25) is 0 Å². The van der Waals surface area contributed by atoms with Crippen molar-refractivity contribution >= 4 is 11.4 Å². The SMILES string of the molecule is Cc1c(C)c(N)c(O)c(N)c1C. The number of phenolic OH excluding ortho intramolecular Hbond substituents is 1. The molecule has 0 fully saturated rings. The molecule has 3 nitrogen and oxygen atoms in total. The second kappa shape index (κ2) is 2.59. The fraction of sp³-hybridized carbons (Fsp3) is 0.333. The van der Waals surface area contributed by atoms with E-state index >= 15 is 0 Å². The Labute approximate surface area is 72.0 Å². The molecule has 5 N–H and O–H groups in total. The van der Waals surface area contributed by atoms with Crippen molar-refractivity contribution in [1.29, 1.82) is 0 Å². The normalized spacial score (nSPS) is 10.2. The summed E-state index contributed by atoms with van der Waals surface area (Å²) in [5.41, 5.74) is 14.9. The molecule has 66 valence electrons. The molecule has 0 spiro atoms. The zero-order valence-electron chi connectivity index (χ0n) is 7.60. The average molecular weight is 166 g/mol. The Morgan fingerprint density at radius 2 is 1.17 bits per heavy atom. The van der Waals surface area contributed by atoms with E-state index in [1.807, 2.05) is 20.8 Å². The largest absolute Gasteiger partial charge is 0.504 e. The Hall–Kier alpha value is -1.38. The maximum absolute atomic E-state index is 9.44. The van der Waals surface area contributed by atoms with Crippen molar-refractivity contribution in [2.45, 2.75) is 20.8 Å². The average Bonchev–Trinajstić information content (AvgIpc) is 2.08. The number of aromatic hydroxyl groups is 1. The van der Waals surface area contributed by atoms with Crippen molar-refractivity contribution < 1.29 is 5.11 Å². The third-order valence-corrected chi connectivity index (χ3v) is 2.44. The summed E-state index contributed by atoms with van der Waals surface area (Å²) in [6, 6.07) is 0. The van der Waals surface area contributed by atoms with Gasteiger partial charge in [0.2, 0.25) is 0 Å². The molecule has 1 aromatic rings. The Morgan fingerprint density at radius 1 is 0.833 bits per heavy atom. The molecule has 0 heterocycles. The lowest BCUT2D eigenvalue weighted by Gasteiger charge is -2.13. The first-order chi connectivity index (χ1) is 5.46. The highest BCUT2D eigenvalue weighted by Gasteiger charge is 2.11. The minimum absolute atomic E-state index is 0.00981.